The van der Waals surface area contributed by atoms with Gasteiger partial charge in [-0.2, -0.15) is 0 Å². The molecule has 0 saturated heterocycles. The molecule has 0 aliphatic heterocycles. The van der Waals surface area contributed by atoms with Crippen LogP contribution in [0.5, 0.6) is 0 Å². The van der Waals surface area contributed by atoms with E-state index in [9.17, 15) is 28.5 Å². The number of halogens is 2. The number of nitro benzene ring substituents is 1. The van der Waals surface area contributed by atoms with Crippen LogP contribution < -0.4 is 11.1 Å². The molecule has 0 aliphatic carbocycles. The van der Waals surface area contributed by atoms with Crippen LogP contribution in [-0.4, -0.2) is 30.1 Å². The summed E-state index contributed by atoms with van der Waals surface area (Å²) in [6, 6.07) is 0.724. The smallest absolute Gasteiger partial charge is 0.404 e. The van der Waals surface area contributed by atoms with Crippen molar-refractivity contribution in [2.45, 2.75) is 0 Å². The van der Waals surface area contributed by atoms with Crippen LogP contribution >= 0.6 is 0 Å². The summed E-state index contributed by atoms with van der Waals surface area (Å²) >= 11 is 0. The second kappa shape index (κ2) is 6.41. The van der Waals surface area contributed by atoms with Gasteiger partial charge in [0, 0.05) is 0 Å². The summed E-state index contributed by atoms with van der Waals surface area (Å²) in [4.78, 5) is 31.5. The molecule has 0 bridgehead atoms. The fourth-order valence-corrected chi connectivity index (χ4v) is 1.28. The minimum Gasteiger partial charge on any atom is -0.448 e. The molecule has 108 valence electrons. The van der Waals surface area contributed by atoms with E-state index in [2.05, 4.69) is 15.8 Å². The Morgan fingerprint density at radius 2 is 1.95 bits per heavy atom. The third kappa shape index (κ3) is 3.86. The van der Waals surface area contributed by atoms with Crippen LogP contribution in [0.3, 0.4) is 0 Å². The molecule has 0 heterocycles. The third-order valence-corrected chi connectivity index (χ3v) is 2.11. The Morgan fingerprint density at radius 1 is 1.35 bits per heavy atom. The molecule has 2 amide bonds. The number of nitro groups is 1. The summed E-state index contributed by atoms with van der Waals surface area (Å²) in [5.41, 5.74) is 3.14. The number of rotatable bonds is 5. The van der Waals surface area contributed by atoms with Crippen LogP contribution in [0.1, 0.15) is 10.4 Å². The van der Waals surface area contributed by atoms with Crippen LogP contribution in [0.15, 0.2) is 12.1 Å². The molecular weight excluding hydrogens is 280 g/mol. The molecular formula is C10H9F2N3O5. The molecule has 0 saturated carbocycles. The summed E-state index contributed by atoms with van der Waals surface area (Å²) in [6.07, 6.45) is -1.06. The molecule has 1 aromatic carbocycles. The summed E-state index contributed by atoms with van der Waals surface area (Å²) in [6.45, 7) is -0.462. The number of nitrogens with zero attached hydrogens (tertiary/aromatic N) is 1. The maximum absolute atomic E-state index is 13.0. The molecule has 0 radical (unpaired) electrons. The second-order valence-corrected chi connectivity index (χ2v) is 3.46. The number of carbonyl (C=O) groups excluding carboxylic acids is 2. The van der Waals surface area contributed by atoms with Gasteiger partial charge in [0.1, 0.15) is 12.2 Å². The van der Waals surface area contributed by atoms with Gasteiger partial charge in [0.25, 0.3) is 11.6 Å². The number of nitrogens with two attached hydrogens (primary N) is 1. The van der Waals surface area contributed by atoms with Crippen molar-refractivity contribution in [1.29, 1.82) is 0 Å². The fraction of sp³-hybridized carbons (Fsp3) is 0.200. The fourth-order valence-electron chi connectivity index (χ4n) is 1.28. The van der Waals surface area contributed by atoms with Gasteiger partial charge in [-0.25, -0.2) is 13.6 Å². The quantitative estimate of drug-likeness (QED) is 0.469. The van der Waals surface area contributed by atoms with E-state index in [1.807, 2.05) is 0 Å². The molecule has 1 rings (SSSR count). The number of hydrogen-bond acceptors (Lipinski definition) is 5. The molecule has 8 nitrogen and oxygen atoms in total. The van der Waals surface area contributed by atoms with E-state index in [-0.39, 0.29) is 13.2 Å². The summed E-state index contributed by atoms with van der Waals surface area (Å²) in [5, 5.41) is 12.8. The maximum Gasteiger partial charge on any atom is 0.404 e. The number of primary amides is 1. The summed E-state index contributed by atoms with van der Waals surface area (Å²) in [5.74, 6) is -3.84. The Labute approximate surface area is 110 Å². The van der Waals surface area contributed by atoms with Crippen molar-refractivity contribution in [2.75, 3.05) is 13.2 Å². The van der Waals surface area contributed by atoms with Gasteiger partial charge in [0.05, 0.1) is 17.5 Å². The van der Waals surface area contributed by atoms with Crippen molar-refractivity contribution in [3.05, 3.63) is 39.4 Å². The van der Waals surface area contributed by atoms with E-state index < -0.39 is 39.8 Å². The first-order chi connectivity index (χ1) is 9.32. The van der Waals surface area contributed by atoms with E-state index in [4.69, 9.17) is 0 Å². The van der Waals surface area contributed by atoms with E-state index in [0.29, 0.717) is 12.1 Å². The van der Waals surface area contributed by atoms with Crippen molar-refractivity contribution in [3.8, 4) is 0 Å². The van der Waals surface area contributed by atoms with Gasteiger partial charge in [-0.15, -0.1) is 0 Å². The lowest BCUT2D eigenvalue weighted by Gasteiger charge is -2.06. The van der Waals surface area contributed by atoms with Crippen LogP contribution in [0, 0.1) is 21.7 Å². The van der Waals surface area contributed by atoms with E-state index in [1.54, 1.807) is 0 Å². The predicted octanol–water partition coefficient (Wildman–Crippen LogP) is 0.698. The Hall–Kier alpha value is -2.78. The molecule has 3 N–H and O–H groups in total. The van der Waals surface area contributed by atoms with Crippen molar-refractivity contribution >= 4 is 17.7 Å². The topological polar surface area (TPSA) is 125 Å². The zero-order valence-corrected chi connectivity index (χ0v) is 9.89. The van der Waals surface area contributed by atoms with Crippen molar-refractivity contribution < 1.29 is 28.0 Å². The minimum atomic E-state index is -1.44. The number of nitrogens with one attached hydrogen (secondary N) is 1. The molecule has 0 spiro atoms. The highest BCUT2D eigenvalue weighted by atomic mass is 19.2. The Morgan fingerprint density at radius 3 is 2.50 bits per heavy atom. The number of carbonyl (C=O) groups is 2. The van der Waals surface area contributed by atoms with E-state index >= 15 is 0 Å². The first-order valence-electron chi connectivity index (χ1n) is 5.16. The van der Waals surface area contributed by atoms with Gasteiger partial charge < -0.3 is 15.8 Å². The van der Waals surface area contributed by atoms with Crippen LogP contribution in [0.25, 0.3) is 0 Å². The highest BCUT2D eigenvalue weighted by Crippen LogP contribution is 2.22. The Balaban J connectivity index is 2.84. The molecule has 1 aromatic rings. The first kappa shape index (κ1) is 15.3. The van der Waals surface area contributed by atoms with Crippen LogP contribution in [0.2, 0.25) is 0 Å². The summed E-state index contributed by atoms with van der Waals surface area (Å²) < 4.78 is 30.2. The zero-order chi connectivity index (χ0) is 15.3. The SMILES string of the molecule is NC(=O)OCCNC(=O)c1cc(F)c(F)cc1[N+](=O)[O-]. The monoisotopic (exact) mass is 289 g/mol. The van der Waals surface area contributed by atoms with Crippen LogP contribution in [0.4, 0.5) is 19.3 Å². The molecule has 0 atom stereocenters. The minimum absolute atomic E-state index is 0.197. The summed E-state index contributed by atoms with van der Waals surface area (Å²) in [7, 11) is 0. The molecule has 0 aromatic heterocycles. The Bertz CT molecular complexity index is 564. The number of benzene rings is 1. The van der Waals surface area contributed by atoms with Crippen molar-refractivity contribution in [3.63, 3.8) is 0 Å². The molecule has 0 fully saturated rings. The highest BCUT2D eigenvalue weighted by Gasteiger charge is 2.23. The lowest BCUT2D eigenvalue weighted by atomic mass is 10.1. The first-order valence-corrected chi connectivity index (χ1v) is 5.16. The largest absolute Gasteiger partial charge is 0.448 e. The maximum atomic E-state index is 13.0. The lowest BCUT2D eigenvalue weighted by molar-refractivity contribution is -0.385. The normalized spacial score (nSPS) is 9.90. The number of hydrogen-bond donors (Lipinski definition) is 2. The third-order valence-electron chi connectivity index (χ3n) is 2.11. The number of amides is 2. The predicted molar refractivity (Wildman–Crippen MR) is 60.9 cm³/mol. The average Bonchev–Trinajstić information content (AvgIpc) is 2.36. The molecule has 10 heteroatoms. The molecule has 0 aliphatic rings. The van der Waals surface area contributed by atoms with Crippen molar-refractivity contribution in [1.82, 2.24) is 5.32 Å². The number of ether oxygens (including phenoxy) is 1. The standard InChI is InChI=1S/C10H9F2N3O5/c11-6-3-5(8(15(18)19)4-7(6)12)9(16)14-1-2-20-10(13)17/h3-4H,1-2H2,(H2,13,17)(H,14,16). The van der Waals surface area contributed by atoms with Crippen molar-refractivity contribution in [2.24, 2.45) is 5.73 Å². The van der Waals surface area contributed by atoms with Gasteiger partial charge in [0.15, 0.2) is 11.6 Å². The average molecular weight is 289 g/mol. The van der Waals surface area contributed by atoms with E-state index in [1.165, 1.54) is 0 Å². The van der Waals surface area contributed by atoms with Gasteiger partial charge in [0.2, 0.25) is 0 Å². The van der Waals surface area contributed by atoms with Crippen LogP contribution in [-0.2, 0) is 4.74 Å². The molecule has 0 unspecified atom stereocenters. The highest BCUT2D eigenvalue weighted by molar-refractivity contribution is 5.98. The van der Waals surface area contributed by atoms with Gasteiger partial charge in [-0.3, -0.25) is 14.9 Å². The van der Waals surface area contributed by atoms with Gasteiger partial charge >= 0.3 is 6.09 Å². The van der Waals surface area contributed by atoms with E-state index in [0.717, 1.165) is 0 Å². The second-order valence-electron chi connectivity index (χ2n) is 3.46. The molecule has 20 heavy (non-hydrogen) atoms. The lowest BCUT2D eigenvalue weighted by Crippen LogP contribution is -2.29. The Kier molecular flexibility index (Phi) is 4.89. The van der Waals surface area contributed by atoms with Gasteiger partial charge in [-0.1, -0.05) is 0 Å². The van der Waals surface area contributed by atoms with Gasteiger partial charge in [-0.05, 0) is 6.07 Å². The zero-order valence-electron chi connectivity index (χ0n) is 9.89.